The number of rotatable bonds is 5. The van der Waals surface area contributed by atoms with Crippen molar-refractivity contribution in [1.29, 1.82) is 0 Å². The maximum atomic E-state index is 12.1. The number of benzene rings is 1. The summed E-state index contributed by atoms with van der Waals surface area (Å²) in [5.74, 6) is -0.110. The molecular formula is C18H29N3O2. The van der Waals surface area contributed by atoms with Gasteiger partial charge in [0.25, 0.3) is 0 Å². The maximum absolute atomic E-state index is 12.1. The number of amides is 1. The number of ether oxygens (including phenoxy) is 1. The van der Waals surface area contributed by atoms with Gasteiger partial charge in [-0.2, -0.15) is 0 Å². The number of morpholine rings is 1. The molecule has 5 nitrogen and oxygen atoms in total. The Labute approximate surface area is 139 Å². The Hall–Kier alpha value is -1.43. The Morgan fingerprint density at radius 3 is 2.74 bits per heavy atom. The summed E-state index contributed by atoms with van der Waals surface area (Å²) in [4.78, 5) is 14.5. The van der Waals surface area contributed by atoms with Gasteiger partial charge in [-0.15, -0.1) is 0 Å². The summed E-state index contributed by atoms with van der Waals surface area (Å²) in [6, 6.07) is 9.90. The summed E-state index contributed by atoms with van der Waals surface area (Å²) < 4.78 is 5.76. The molecule has 0 radical (unpaired) electrons. The third-order valence-corrected chi connectivity index (χ3v) is 4.19. The molecule has 1 aromatic carbocycles. The third kappa shape index (κ3) is 5.61. The largest absolute Gasteiger partial charge is 0.374 e. The number of carbonyl (C=O) groups excluding carboxylic acids is 1. The molecular weight excluding hydrogens is 290 g/mol. The molecule has 1 aliphatic rings. The molecule has 5 heteroatoms. The molecule has 23 heavy (non-hydrogen) atoms. The minimum absolute atomic E-state index is 0.0172. The molecule has 0 spiro atoms. The predicted molar refractivity (Wildman–Crippen MR) is 91.9 cm³/mol. The van der Waals surface area contributed by atoms with Crippen LogP contribution in [0.3, 0.4) is 0 Å². The second-order valence-corrected chi connectivity index (χ2v) is 7.30. The maximum Gasteiger partial charge on any atom is 0.237 e. The van der Waals surface area contributed by atoms with E-state index >= 15 is 0 Å². The van der Waals surface area contributed by atoms with Gasteiger partial charge in [-0.05, 0) is 11.0 Å². The van der Waals surface area contributed by atoms with E-state index in [9.17, 15) is 4.79 Å². The summed E-state index contributed by atoms with van der Waals surface area (Å²) in [7, 11) is 0. The van der Waals surface area contributed by atoms with Crippen LogP contribution in [0.15, 0.2) is 30.3 Å². The molecule has 1 unspecified atom stereocenters. The van der Waals surface area contributed by atoms with Crippen molar-refractivity contribution in [2.24, 2.45) is 11.1 Å². The first-order valence-corrected chi connectivity index (χ1v) is 8.27. The number of nitrogens with two attached hydrogens (primary N) is 1. The van der Waals surface area contributed by atoms with E-state index in [0.717, 1.165) is 19.6 Å². The lowest BCUT2D eigenvalue weighted by Crippen LogP contribution is -2.52. The van der Waals surface area contributed by atoms with Crippen LogP contribution >= 0.6 is 0 Å². The summed E-state index contributed by atoms with van der Waals surface area (Å²) in [5, 5.41) is 2.93. The van der Waals surface area contributed by atoms with Crippen LogP contribution < -0.4 is 11.1 Å². The normalized spacial score (nSPS) is 21.0. The van der Waals surface area contributed by atoms with Crippen LogP contribution in [0.25, 0.3) is 0 Å². The zero-order chi connectivity index (χ0) is 16.9. The number of nitrogens with zero attached hydrogens (tertiary/aromatic N) is 1. The van der Waals surface area contributed by atoms with Crippen LogP contribution in [0, 0.1) is 5.41 Å². The number of carbonyl (C=O) groups is 1. The standard InChI is InChI=1S/C18H29N3O2/c1-18(2,3)16(19)17(22)20-11-15-13-21(9-10-23-15)12-14-7-5-4-6-8-14/h4-8,15-16H,9-13,19H2,1-3H3,(H,20,22)/t15?,16-/m1/s1. The van der Waals surface area contributed by atoms with E-state index in [-0.39, 0.29) is 17.4 Å². The van der Waals surface area contributed by atoms with Crippen molar-refractivity contribution >= 4 is 5.91 Å². The van der Waals surface area contributed by atoms with Crippen LogP contribution in [0.2, 0.25) is 0 Å². The van der Waals surface area contributed by atoms with Gasteiger partial charge < -0.3 is 15.8 Å². The van der Waals surface area contributed by atoms with E-state index in [2.05, 4.69) is 34.5 Å². The van der Waals surface area contributed by atoms with E-state index in [0.29, 0.717) is 13.2 Å². The van der Waals surface area contributed by atoms with Crippen LogP contribution in [0.4, 0.5) is 0 Å². The minimum Gasteiger partial charge on any atom is -0.374 e. The second kappa shape index (κ2) is 7.90. The highest BCUT2D eigenvalue weighted by Crippen LogP contribution is 2.17. The van der Waals surface area contributed by atoms with Gasteiger partial charge in [0.05, 0.1) is 18.8 Å². The fraction of sp³-hybridized carbons (Fsp3) is 0.611. The van der Waals surface area contributed by atoms with E-state index in [1.165, 1.54) is 5.56 Å². The van der Waals surface area contributed by atoms with Crippen molar-refractivity contribution in [2.75, 3.05) is 26.2 Å². The Bertz CT molecular complexity index is 499. The quantitative estimate of drug-likeness (QED) is 0.860. The first-order chi connectivity index (χ1) is 10.9. The summed E-state index contributed by atoms with van der Waals surface area (Å²) in [5.41, 5.74) is 7.03. The lowest BCUT2D eigenvalue weighted by Gasteiger charge is -2.33. The highest BCUT2D eigenvalue weighted by atomic mass is 16.5. The predicted octanol–water partition coefficient (Wildman–Crippen LogP) is 1.38. The topological polar surface area (TPSA) is 67.6 Å². The van der Waals surface area contributed by atoms with Gasteiger partial charge in [0.2, 0.25) is 5.91 Å². The van der Waals surface area contributed by atoms with E-state index in [1.54, 1.807) is 0 Å². The van der Waals surface area contributed by atoms with Gasteiger partial charge in [0, 0.05) is 26.2 Å². The second-order valence-electron chi connectivity index (χ2n) is 7.30. The summed E-state index contributed by atoms with van der Waals surface area (Å²) in [6.07, 6.45) is 0.0172. The van der Waals surface area contributed by atoms with Crippen molar-refractivity contribution in [1.82, 2.24) is 10.2 Å². The monoisotopic (exact) mass is 319 g/mol. The zero-order valence-corrected chi connectivity index (χ0v) is 14.4. The van der Waals surface area contributed by atoms with E-state index < -0.39 is 6.04 Å². The van der Waals surface area contributed by atoms with Crippen LogP contribution in [-0.4, -0.2) is 49.2 Å². The molecule has 1 saturated heterocycles. The summed E-state index contributed by atoms with van der Waals surface area (Å²) in [6.45, 7) is 9.76. The van der Waals surface area contributed by atoms with Crippen LogP contribution in [0.5, 0.6) is 0 Å². The SMILES string of the molecule is CC(C)(C)[C@H](N)C(=O)NCC1CN(Cc2ccccc2)CCO1. The zero-order valence-electron chi connectivity index (χ0n) is 14.4. The minimum atomic E-state index is -0.508. The lowest BCUT2D eigenvalue weighted by atomic mass is 9.87. The first kappa shape index (κ1) is 17.9. The highest BCUT2D eigenvalue weighted by Gasteiger charge is 2.28. The molecule has 1 fully saturated rings. The molecule has 1 amide bonds. The van der Waals surface area contributed by atoms with Crippen molar-refractivity contribution in [2.45, 2.75) is 39.5 Å². The van der Waals surface area contributed by atoms with Crippen LogP contribution in [0.1, 0.15) is 26.3 Å². The van der Waals surface area contributed by atoms with Crippen molar-refractivity contribution < 1.29 is 9.53 Å². The third-order valence-electron chi connectivity index (χ3n) is 4.19. The average molecular weight is 319 g/mol. The van der Waals surface area contributed by atoms with Gasteiger partial charge >= 0.3 is 0 Å². The fourth-order valence-electron chi connectivity index (χ4n) is 2.61. The smallest absolute Gasteiger partial charge is 0.237 e. The van der Waals surface area contributed by atoms with Crippen molar-refractivity contribution in [3.8, 4) is 0 Å². The van der Waals surface area contributed by atoms with Crippen molar-refractivity contribution in [3.63, 3.8) is 0 Å². The molecule has 2 atom stereocenters. The molecule has 1 aromatic rings. The molecule has 0 saturated carbocycles. The first-order valence-electron chi connectivity index (χ1n) is 8.27. The molecule has 0 aliphatic carbocycles. The molecule has 3 N–H and O–H groups in total. The van der Waals surface area contributed by atoms with Gasteiger partial charge in [-0.3, -0.25) is 9.69 Å². The van der Waals surface area contributed by atoms with Crippen molar-refractivity contribution in [3.05, 3.63) is 35.9 Å². The fourth-order valence-corrected chi connectivity index (χ4v) is 2.61. The Kier molecular flexibility index (Phi) is 6.16. The molecule has 128 valence electrons. The lowest BCUT2D eigenvalue weighted by molar-refractivity contribution is -0.125. The summed E-state index contributed by atoms with van der Waals surface area (Å²) >= 11 is 0. The van der Waals surface area contributed by atoms with Gasteiger partial charge in [0.15, 0.2) is 0 Å². The average Bonchev–Trinajstić information content (AvgIpc) is 2.52. The van der Waals surface area contributed by atoms with Gasteiger partial charge in [-0.25, -0.2) is 0 Å². The van der Waals surface area contributed by atoms with Gasteiger partial charge in [0.1, 0.15) is 0 Å². The van der Waals surface area contributed by atoms with Crippen LogP contribution in [-0.2, 0) is 16.1 Å². The van der Waals surface area contributed by atoms with Gasteiger partial charge in [-0.1, -0.05) is 51.1 Å². The molecule has 2 rings (SSSR count). The molecule has 0 aromatic heterocycles. The Morgan fingerprint density at radius 1 is 1.39 bits per heavy atom. The Morgan fingerprint density at radius 2 is 2.09 bits per heavy atom. The molecule has 0 bridgehead atoms. The highest BCUT2D eigenvalue weighted by molar-refractivity contribution is 5.82. The molecule has 1 aliphatic heterocycles. The molecule has 1 heterocycles. The number of hydrogen-bond donors (Lipinski definition) is 2. The number of hydrogen-bond acceptors (Lipinski definition) is 4. The number of nitrogens with one attached hydrogen (secondary N) is 1. The van der Waals surface area contributed by atoms with E-state index in [1.807, 2.05) is 26.8 Å². The Balaban J connectivity index is 1.79. The van der Waals surface area contributed by atoms with E-state index in [4.69, 9.17) is 10.5 Å².